The summed E-state index contributed by atoms with van der Waals surface area (Å²) in [6.07, 6.45) is 7.25. The van der Waals surface area contributed by atoms with Gasteiger partial charge in [-0.25, -0.2) is 9.99 Å². The minimum absolute atomic E-state index is 0.0223. The zero-order valence-corrected chi connectivity index (χ0v) is 15.4. The third-order valence-electron chi connectivity index (χ3n) is 5.38. The molecule has 27 heavy (non-hydrogen) atoms. The predicted octanol–water partition coefficient (Wildman–Crippen LogP) is 2.23. The first-order chi connectivity index (χ1) is 13.1. The van der Waals surface area contributed by atoms with Crippen LogP contribution < -0.4 is 0 Å². The maximum absolute atomic E-state index is 13.0. The second-order valence-corrected chi connectivity index (χ2v) is 7.07. The molecule has 0 bridgehead atoms. The van der Waals surface area contributed by atoms with E-state index in [0.29, 0.717) is 31.8 Å². The Balaban J connectivity index is 1.39. The number of benzene rings is 1. The van der Waals surface area contributed by atoms with Crippen molar-refractivity contribution in [3.05, 3.63) is 54.1 Å². The van der Waals surface area contributed by atoms with Crippen molar-refractivity contribution in [1.29, 1.82) is 0 Å². The smallest absolute Gasteiger partial charge is 0.289 e. The summed E-state index contributed by atoms with van der Waals surface area (Å²) < 4.78 is 1.73. The second-order valence-electron chi connectivity index (χ2n) is 7.07. The number of nitrogens with zero attached hydrogens (tertiary/aromatic N) is 5. The Kier molecular flexibility index (Phi) is 4.75. The molecule has 1 fully saturated rings. The Hall–Kier alpha value is -2.96. The molecule has 1 aromatic heterocycles. The second kappa shape index (κ2) is 7.34. The Bertz CT molecular complexity index is 852. The molecule has 7 heteroatoms. The van der Waals surface area contributed by atoms with E-state index in [-0.39, 0.29) is 23.8 Å². The number of carbonyl (C=O) groups is 2. The van der Waals surface area contributed by atoms with Gasteiger partial charge in [0.2, 0.25) is 5.91 Å². The molecular weight excluding hydrogens is 342 g/mol. The van der Waals surface area contributed by atoms with E-state index >= 15 is 0 Å². The lowest BCUT2D eigenvalue weighted by atomic mass is 9.94. The molecule has 7 nitrogen and oxygen atoms in total. The van der Waals surface area contributed by atoms with Gasteiger partial charge in [-0.2, -0.15) is 5.10 Å². The molecule has 0 aliphatic carbocycles. The molecule has 2 aromatic rings. The Morgan fingerprint density at radius 2 is 1.85 bits per heavy atom. The fourth-order valence-electron chi connectivity index (χ4n) is 3.81. The lowest BCUT2D eigenvalue weighted by molar-refractivity contribution is -0.138. The summed E-state index contributed by atoms with van der Waals surface area (Å²) in [6, 6.07) is 9.99. The predicted molar refractivity (Wildman–Crippen MR) is 101 cm³/mol. The largest absolute Gasteiger partial charge is 0.336 e. The highest BCUT2D eigenvalue weighted by atomic mass is 16.2. The van der Waals surface area contributed by atoms with E-state index in [1.54, 1.807) is 26.9 Å². The number of carbonyl (C=O) groups excluding carboxylic acids is 2. The van der Waals surface area contributed by atoms with Crippen molar-refractivity contribution in [2.45, 2.75) is 25.3 Å². The fourth-order valence-corrected chi connectivity index (χ4v) is 3.81. The number of aryl methyl sites for hydroxylation is 1. The monoisotopic (exact) mass is 365 g/mol. The van der Waals surface area contributed by atoms with Gasteiger partial charge < -0.3 is 9.47 Å². The number of hydrogen-bond acceptors (Lipinski definition) is 4. The van der Waals surface area contributed by atoms with E-state index in [0.717, 1.165) is 12.0 Å². The van der Waals surface area contributed by atoms with E-state index in [4.69, 9.17) is 0 Å². The van der Waals surface area contributed by atoms with Crippen molar-refractivity contribution >= 4 is 18.0 Å². The van der Waals surface area contributed by atoms with Gasteiger partial charge >= 0.3 is 0 Å². The summed E-state index contributed by atoms with van der Waals surface area (Å²) in [4.78, 5) is 31.5. The highest BCUT2D eigenvalue weighted by Crippen LogP contribution is 2.31. The molecule has 3 heterocycles. The van der Waals surface area contributed by atoms with E-state index in [1.807, 2.05) is 43.6 Å². The summed E-state index contributed by atoms with van der Waals surface area (Å²) in [5, 5.41) is 5.98. The van der Waals surface area contributed by atoms with Gasteiger partial charge in [-0.15, -0.1) is 0 Å². The molecule has 140 valence electrons. The van der Waals surface area contributed by atoms with Crippen LogP contribution in [0.5, 0.6) is 0 Å². The van der Waals surface area contributed by atoms with Crippen LogP contribution in [0.4, 0.5) is 0 Å². The summed E-state index contributed by atoms with van der Waals surface area (Å²) in [5.74, 6) is 0.321. The van der Waals surface area contributed by atoms with Gasteiger partial charge in [0.15, 0.2) is 5.82 Å². The molecule has 0 radical (unpaired) electrons. The minimum atomic E-state index is -0.100. The molecule has 2 amide bonds. The van der Waals surface area contributed by atoms with E-state index < -0.39 is 0 Å². The molecule has 1 aromatic carbocycles. The lowest BCUT2D eigenvalue weighted by Crippen LogP contribution is -2.44. The highest BCUT2D eigenvalue weighted by Gasteiger charge is 2.35. The molecule has 1 saturated heterocycles. The maximum atomic E-state index is 13.0. The van der Waals surface area contributed by atoms with E-state index in [1.165, 1.54) is 0 Å². The molecule has 0 N–H and O–H groups in total. The van der Waals surface area contributed by atoms with Crippen LogP contribution in [-0.4, -0.2) is 50.6 Å². The number of imidazole rings is 1. The quantitative estimate of drug-likeness (QED) is 0.837. The zero-order chi connectivity index (χ0) is 18.8. The number of amides is 2. The molecule has 2 aliphatic rings. The van der Waals surface area contributed by atoms with Crippen LogP contribution in [-0.2, 0) is 11.8 Å². The minimum Gasteiger partial charge on any atom is -0.336 e. The van der Waals surface area contributed by atoms with Crippen molar-refractivity contribution in [1.82, 2.24) is 19.5 Å². The fraction of sp³-hybridized carbons (Fsp3) is 0.400. The molecular formula is C20H23N5O2. The van der Waals surface area contributed by atoms with Gasteiger partial charge in [0, 0.05) is 51.1 Å². The van der Waals surface area contributed by atoms with Crippen LogP contribution in [0.25, 0.3) is 0 Å². The Morgan fingerprint density at radius 1 is 1.11 bits per heavy atom. The number of rotatable bonds is 3. The van der Waals surface area contributed by atoms with Crippen molar-refractivity contribution < 1.29 is 9.59 Å². The van der Waals surface area contributed by atoms with Crippen molar-refractivity contribution in [2.75, 3.05) is 13.1 Å². The van der Waals surface area contributed by atoms with Gasteiger partial charge in [0.05, 0.1) is 6.04 Å². The van der Waals surface area contributed by atoms with Crippen LogP contribution in [0.1, 0.15) is 41.5 Å². The summed E-state index contributed by atoms with van der Waals surface area (Å²) in [7, 11) is 1.81. The first-order valence-corrected chi connectivity index (χ1v) is 9.32. The normalized spacial score (nSPS) is 20.3. The summed E-state index contributed by atoms with van der Waals surface area (Å²) >= 11 is 0. The first kappa shape index (κ1) is 17.5. The number of likely N-dealkylation sites (tertiary alicyclic amines) is 1. The maximum Gasteiger partial charge on any atom is 0.289 e. The summed E-state index contributed by atoms with van der Waals surface area (Å²) in [5.41, 5.74) is 1.10. The average Bonchev–Trinajstić information content (AvgIpc) is 3.37. The van der Waals surface area contributed by atoms with Gasteiger partial charge in [0.1, 0.15) is 0 Å². The zero-order valence-electron chi connectivity index (χ0n) is 15.4. The average molecular weight is 365 g/mol. The molecule has 1 atom stereocenters. The van der Waals surface area contributed by atoms with Crippen LogP contribution in [0.2, 0.25) is 0 Å². The van der Waals surface area contributed by atoms with Crippen LogP contribution in [0, 0.1) is 5.92 Å². The van der Waals surface area contributed by atoms with Crippen LogP contribution in [0.15, 0.2) is 47.8 Å². The first-order valence-electron chi connectivity index (χ1n) is 9.32. The van der Waals surface area contributed by atoms with Gasteiger partial charge in [-0.1, -0.05) is 30.3 Å². The Labute approximate surface area is 158 Å². The topological polar surface area (TPSA) is 70.8 Å². The standard InChI is InChI=1S/C20H23N5O2/c1-23-14-11-21-18(23)20(27)24-12-8-16(9-13-24)19(26)25-17(7-10-22-25)15-5-3-2-4-6-15/h2-6,10-11,14,16-17H,7-9,12-13H2,1H3. The van der Waals surface area contributed by atoms with Crippen molar-refractivity contribution in [3.63, 3.8) is 0 Å². The lowest BCUT2D eigenvalue weighted by Gasteiger charge is -2.33. The molecule has 2 aliphatic heterocycles. The number of piperidine rings is 1. The van der Waals surface area contributed by atoms with Gasteiger partial charge in [-0.05, 0) is 18.4 Å². The molecule has 0 saturated carbocycles. The van der Waals surface area contributed by atoms with Crippen molar-refractivity contribution in [2.24, 2.45) is 18.1 Å². The third kappa shape index (κ3) is 3.37. The summed E-state index contributed by atoms with van der Waals surface area (Å²) in [6.45, 7) is 1.13. The van der Waals surface area contributed by atoms with E-state index in [9.17, 15) is 9.59 Å². The number of aromatic nitrogens is 2. The molecule has 1 unspecified atom stereocenters. The van der Waals surface area contributed by atoms with Crippen LogP contribution in [0.3, 0.4) is 0 Å². The SMILES string of the molecule is Cn1ccnc1C(=O)N1CCC(C(=O)N2N=CCC2c2ccccc2)CC1. The van der Waals surface area contributed by atoms with Crippen LogP contribution >= 0.6 is 0 Å². The van der Waals surface area contributed by atoms with Gasteiger partial charge in [-0.3, -0.25) is 9.59 Å². The van der Waals surface area contributed by atoms with Crippen molar-refractivity contribution in [3.8, 4) is 0 Å². The third-order valence-corrected chi connectivity index (χ3v) is 5.38. The Morgan fingerprint density at radius 3 is 2.52 bits per heavy atom. The number of hydrogen-bond donors (Lipinski definition) is 0. The number of hydrazone groups is 1. The van der Waals surface area contributed by atoms with E-state index in [2.05, 4.69) is 10.1 Å². The molecule has 0 spiro atoms. The highest BCUT2D eigenvalue weighted by molar-refractivity contribution is 5.91. The molecule has 4 rings (SSSR count). The van der Waals surface area contributed by atoms with Gasteiger partial charge in [0.25, 0.3) is 5.91 Å².